The van der Waals surface area contributed by atoms with Crippen LogP contribution in [0.5, 0.6) is 0 Å². The molecule has 0 aromatic heterocycles. The Morgan fingerprint density at radius 3 is 2.42 bits per heavy atom. The molecule has 5 heteroatoms. The SMILES string of the molecule is Cc1cc(C(=O)N2CCN(Cc3ccc(C)c(CCl)c3)CC2)ccc1N. The van der Waals surface area contributed by atoms with Gasteiger partial charge in [0.25, 0.3) is 5.91 Å². The maximum Gasteiger partial charge on any atom is 0.253 e. The lowest BCUT2D eigenvalue weighted by Gasteiger charge is -2.35. The van der Waals surface area contributed by atoms with E-state index in [2.05, 4.69) is 30.0 Å². The molecule has 1 aliphatic heterocycles. The molecule has 3 rings (SSSR count). The molecule has 138 valence electrons. The number of nitrogens with zero attached hydrogens (tertiary/aromatic N) is 2. The molecule has 0 unspecified atom stereocenters. The summed E-state index contributed by atoms with van der Waals surface area (Å²) in [6.45, 7) is 8.17. The zero-order valence-electron chi connectivity index (χ0n) is 15.5. The predicted molar refractivity (Wildman–Crippen MR) is 108 cm³/mol. The molecule has 1 saturated heterocycles. The Kier molecular flexibility index (Phi) is 5.84. The quantitative estimate of drug-likeness (QED) is 0.660. The van der Waals surface area contributed by atoms with Gasteiger partial charge in [0.2, 0.25) is 0 Å². The average Bonchev–Trinajstić information content (AvgIpc) is 2.65. The minimum atomic E-state index is 0.0903. The second-order valence-electron chi connectivity index (χ2n) is 7.03. The van der Waals surface area contributed by atoms with Gasteiger partial charge < -0.3 is 10.6 Å². The van der Waals surface area contributed by atoms with Gasteiger partial charge in [-0.1, -0.05) is 18.2 Å². The lowest BCUT2D eigenvalue weighted by Crippen LogP contribution is -2.48. The van der Waals surface area contributed by atoms with E-state index < -0.39 is 0 Å². The summed E-state index contributed by atoms with van der Waals surface area (Å²) >= 11 is 6.01. The van der Waals surface area contributed by atoms with E-state index in [-0.39, 0.29) is 5.91 Å². The van der Waals surface area contributed by atoms with Crippen molar-refractivity contribution in [2.75, 3.05) is 31.9 Å². The van der Waals surface area contributed by atoms with Crippen LogP contribution >= 0.6 is 11.6 Å². The first-order chi connectivity index (χ1) is 12.5. The molecule has 2 aromatic carbocycles. The standard InChI is InChI=1S/C21H26ClN3O/c1-15-3-4-17(12-19(15)13-22)14-24-7-9-25(10-8-24)21(26)18-5-6-20(23)16(2)11-18/h3-6,11-12H,7-10,13-14,23H2,1-2H3. The molecule has 0 bridgehead atoms. The van der Waals surface area contributed by atoms with Gasteiger partial charge in [0.05, 0.1) is 0 Å². The Morgan fingerprint density at radius 2 is 1.77 bits per heavy atom. The van der Waals surface area contributed by atoms with E-state index in [9.17, 15) is 4.79 Å². The highest BCUT2D eigenvalue weighted by Crippen LogP contribution is 2.18. The van der Waals surface area contributed by atoms with Crippen LogP contribution in [0, 0.1) is 13.8 Å². The number of hydrogen-bond acceptors (Lipinski definition) is 3. The van der Waals surface area contributed by atoms with Crippen LogP contribution in [0.25, 0.3) is 0 Å². The maximum atomic E-state index is 12.7. The smallest absolute Gasteiger partial charge is 0.253 e. The van der Waals surface area contributed by atoms with Crippen molar-refractivity contribution in [3.05, 3.63) is 64.2 Å². The topological polar surface area (TPSA) is 49.6 Å². The number of alkyl halides is 1. The molecule has 0 spiro atoms. The third kappa shape index (κ3) is 4.19. The Labute approximate surface area is 160 Å². The van der Waals surface area contributed by atoms with Gasteiger partial charge in [0.1, 0.15) is 0 Å². The number of hydrogen-bond donors (Lipinski definition) is 1. The monoisotopic (exact) mass is 371 g/mol. The fourth-order valence-electron chi connectivity index (χ4n) is 3.33. The number of anilines is 1. The summed E-state index contributed by atoms with van der Waals surface area (Å²) in [4.78, 5) is 17.0. The molecule has 4 nitrogen and oxygen atoms in total. The van der Waals surface area contributed by atoms with Crippen molar-refractivity contribution in [2.24, 2.45) is 0 Å². The maximum absolute atomic E-state index is 12.7. The third-order valence-electron chi connectivity index (χ3n) is 5.14. The zero-order chi connectivity index (χ0) is 18.7. The van der Waals surface area contributed by atoms with Crippen molar-refractivity contribution >= 4 is 23.2 Å². The highest BCUT2D eigenvalue weighted by Gasteiger charge is 2.22. The van der Waals surface area contributed by atoms with Crippen LogP contribution in [0.1, 0.15) is 32.6 Å². The van der Waals surface area contributed by atoms with Gasteiger partial charge in [0, 0.05) is 49.9 Å². The number of carbonyl (C=O) groups excluding carboxylic acids is 1. The Morgan fingerprint density at radius 1 is 1.04 bits per heavy atom. The third-order valence-corrected chi connectivity index (χ3v) is 5.43. The molecule has 0 radical (unpaired) electrons. The van der Waals surface area contributed by atoms with Crippen LogP contribution in [-0.2, 0) is 12.4 Å². The zero-order valence-corrected chi connectivity index (χ0v) is 16.2. The Bertz CT molecular complexity index is 798. The van der Waals surface area contributed by atoms with Crippen molar-refractivity contribution in [3.63, 3.8) is 0 Å². The first kappa shape index (κ1) is 18.7. The number of amides is 1. The summed E-state index contributed by atoms with van der Waals surface area (Å²) in [6.07, 6.45) is 0. The summed E-state index contributed by atoms with van der Waals surface area (Å²) < 4.78 is 0. The number of benzene rings is 2. The molecular weight excluding hydrogens is 346 g/mol. The first-order valence-corrected chi connectivity index (χ1v) is 9.53. The van der Waals surface area contributed by atoms with E-state index in [1.54, 1.807) is 0 Å². The molecule has 1 heterocycles. The highest BCUT2D eigenvalue weighted by atomic mass is 35.5. The predicted octanol–water partition coefficient (Wildman–Crippen LogP) is 3.58. The minimum Gasteiger partial charge on any atom is -0.399 e. The molecule has 1 aliphatic rings. The van der Waals surface area contributed by atoms with E-state index in [0.29, 0.717) is 5.88 Å². The number of nitrogen functional groups attached to an aromatic ring is 1. The van der Waals surface area contributed by atoms with E-state index in [0.717, 1.165) is 49.5 Å². The second kappa shape index (κ2) is 8.11. The summed E-state index contributed by atoms with van der Waals surface area (Å²) in [7, 11) is 0. The molecule has 0 atom stereocenters. The summed E-state index contributed by atoms with van der Waals surface area (Å²) in [5, 5.41) is 0. The van der Waals surface area contributed by atoms with Gasteiger partial charge >= 0.3 is 0 Å². The molecule has 1 amide bonds. The van der Waals surface area contributed by atoms with Crippen molar-refractivity contribution < 1.29 is 4.79 Å². The molecule has 1 fully saturated rings. The first-order valence-electron chi connectivity index (χ1n) is 9.00. The number of aryl methyl sites for hydroxylation is 2. The highest BCUT2D eigenvalue weighted by molar-refractivity contribution is 6.17. The molecule has 0 aliphatic carbocycles. The van der Waals surface area contributed by atoms with E-state index >= 15 is 0 Å². The fourth-order valence-corrected chi connectivity index (χ4v) is 3.61. The van der Waals surface area contributed by atoms with Gasteiger partial charge in [-0.15, -0.1) is 11.6 Å². The number of carbonyl (C=O) groups is 1. The summed E-state index contributed by atoms with van der Waals surface area (Å²) in [5.41, 5.74) is 11.9. The second-order valence-corrected chi connectivity index (χ2v) is 7.30. The van der Waals surface area contributed by atoms with Crippen LogP contribution in [0.4, 0.5) is 5.69 Å². The normalized spacial score (nSPS) is 15.3. The van der Waals surface area contributed by atoms with Crippen molar-refractivity contribution in [1.29, 1.82) is 0 Å². The van der Waals surface area contributed by atoms with E-state index in [1.807, 2.05) is 30.0 Å². The molecule has 2 aromatic rings. The summed E-state index contributed by atoms with van der Waals surface area (Å²) in [6, 6.07) is 12.0. The lowest BCUT2D eigenvalue weighted by atomic mass is 10.1. The molecule has 0 saturated carbocycles. The van der Waals surface area contributed by atoms with Crippen LogP contribution in [0.3, 0.4) is 0 Å². The van der Waals surface area contributed by atoms with Crippen LogP contribution in [-0.4, -0.2) is 41.9 Å². The molecule has 26 heavy (non-hydrogen) atoms. The Balaban J connectivity index is 1.58. The number of rotatable bonds is 4. The fraction of sp³-hybridized carbons (Fsp3) is 0.381. The minimum absolute atomic E-state index is 0.0903. The van der Waals surface area contributed by atoms with Crippen molar-refractivity contribution in [3.8, 4) is 0 Å². The largest absolute Gasteiger partial charge is 0.399 e. The van der Waals surface area contributed by atoms with Crippen LogP contribution < -0.4 is 5.73 Å². The number of nitrogens with two attached hydrogens (primary N) is 1. The average molecular weight is 372 g/mol. The summed E-state index contributed by atoms with van der Waals surface area (Å²) in [5.74, 6) is 0.635. The van der Waals surface area contributed by atoms with E-state index in [1.165, 1.54) is 16.7 Å². The van der Waals surface area contributed by atoms with Gasteiger partial charge in [-0.2, -0.15) is 0 Å². The molecular formula is C21H26ClN3O. The van der Waals surface area contributed by atoms with Gasteiger partial charge in [0.15, 0.2) is 0 Å². The molecule has 2 N–H and O–H groups in total. The van der Waals surface area contributed by atoms with Crippen molar-refractivity contribution in [1.82, 2.24) is 9.80 Å². The lowest BCUT2D eigenvalue weighted by molar-refractivity contribution is 0.0628. The van der Waals surface area contributed by atoms with Gasteiger partial charge in [-0.25, -0.2) is 0 Å². The van der Waals surface area contributed by atoms with Crippen molar-refractivity contribution in [2.45, 2.75) is 26.3 Å². The van der Waals surface area contributed by atoms with Gasteiger partial charge in [-0.05, 0) is 54.3 Å². The van der Waals surface area contributed by atoms with Crippen LogP contribution in [0.15, 0.2) is 36.4 Å². The number of halogens is 1. The van der Waals surface area contributed by atoms with Gasteiger partial charge in [-0.3, -0.25) is 9.69 Å². The Hall–Kier alpha value is -2.04. The van der Waals surface area contributed by atoms with E-state index in [4.69, 9.17) is 17.3 Å². The number of piperazine rings is 1. The van der Waals surface area contributed by atoms with Crippen LogP contribution in [0.2, 0.25) is 0 Å².